The number of carbonyl (C=O) groups is 2. The Bertz CT molecular complexity index is 263. The zero-order valence-electron chi connectivity index (χ0n) is 8.30. The summed E-state index contributed by atoms with van der Waals surface area (Å²) in [5.74, 6) is -0.996. The van der Waals surface area contributed by atoms with Crippen LogP contribution in [0.25, 0.3) is 0 Å². The Hall–Kier alpha value is -1.12. The van der Waals surface area contributed by atoms with E-state index in [9.17, 15) is 19.8 Å². The van der Waals surface area contributed by atoms with Crippen LogP contribution in [0.15, 0.2) is 12.2 Å². The largest absolute Gasteiger partial charge is 0.394 e. The minimum absolute atomic E-state index is 0.302. The maximum atomic E-state index is 11.0. The van der Waals surface area contributed by atoms with Gasteiger partial charge < -0.3 is 25.5 Å². The van der Waals surface area contributed by atoms with Gasteiger partial charge in [-0.25, -0.2) is 0 Å². The van der Waals surface area contributed by atoms with Crippen LogP contribution >= 0.6 is 0 Å². The lowest BCUT2D eigenvalue weighted by molar-refractivity contribution is -0.142. The van der Waals surface area contributed by atoms with E-state index < -0.39 is 36.8 Å². The average Bonchev–Trinajstić information content (AvgIpc) is 2.31. The van der Waals surface area contributed by atoms with Gasteiger partial charge in [0.25, 0.3) is 0 Å². The molecule has 92 valence electrons. The fourth-order valence-corrected chi connectivity index (χ4v) is 0.923. The van der Waals surface area contributed by atoms with Crippen molar-refractivity contribution in [1.29, 1.82) is 0 Å². The number of allylic oxidation sites excluding steroid dienone is 1. The molecule has 7 nitrogen and oxygen atoms in total. The molecule has 0 aliphatic heterocycles. The highest BCUT2D eigenvalue weighted by Crippen LogP contribution is 2.06. The number of aliphatic hydroxyl groups excluding tert-OH is 5. The van der Waals surface area contributed by atoms with Crippen molar-refractivity contribution in [1.82, 2.24) is 0 Å². The highest BCUT2D eigenvalue weighted by atomic mass is 16.4. The molecular weight excluding hydrogens is 220 g/mol. The lowest BCUT2D eigenvalue weighted by atomic mass is 10.0. The summed E-state index contributed by atoms with van der Waals surface area (Å²) >= 11 is 0. The molecule has 0 fully saturated rings. The Morgan fingerprint density at radius 2 is 1.69 bits per heavy atom. The van der Waals surface area contributed by atoms with Gasteiger partial charge in [0, 0.05) is 0 Å². The van der Waals surface area contributed by atoms with Crippen LogP contribution in [0.1, 0.15) is 0 Å². The SMILES string of the molecule is O=CC=CC(=O)[C@H](O)[C@@H](O)[C@H](O)[C@H](O)CO. The van der Waals surface area contributed by atoms with Gasteiger partial charge in [0.15, 0.2) is 5.78 Å². The first kappa shape index (κ1) is 14.9. The first-order valence-corrected chi connectivity index (χ1v) is 4.44. The second-order valence-corrected chi connectivity index (χ2v) is 3.07. The van der Waals surface area contributed by atoms with Crippen LogP contribution < -0.4 is 0 Å². The fraction of sp³-hybridized carbons (Fsp3) is 0.556. The number of hydrogen-bond acceptors (Lipinski definition) is 7. The van der Waals surface area contributed by atoms with E-state index in [2.05, 4.69) is 0 Å². The van der Waals surface area contributed by atoms with Crippen molar-refractivity contribution in [2.24, 2.45) is 0 Å². The monoisotopic (exact) mass is 234 g/mol. The molecule has 4 atom stereocenters. The van der Waals surface area contributed by atoms with Gasteiger partial charge in [0.2, 0.25) is 0 Å². The van der Waals surface area contributed by atoms with Crippen molar-refractivity contribution in [3.63, 3.8) is 0 Å². The standard InChI is InChI=1S/C9H14O7/c10-3-1-2-5(12)7(14)9(16)8(15)6(13)4-11/h1-3,6-9,11,13-16H,4H2/t6-,7+,8-,9-/m1/s1. The van der Waals surface area contributed by atoms with Crippen molar-refractivity contribution >= 4 is 12.1 Å². The van der Waals surface area contributed by atoms with Crippen LogP contribution in [-0.2, 0) is 9.59 Å². The summed E-state index contributed by atoms with van der Waals surface area (Å²) in [7, 11) is 0. The number of carbonyl (C=O) groups excluding carboxylic acids is 2. The average molecular weight is 234 g/mol. The van der Waals surface area contributed by atoms with Gasteiger partial charge in [0.1, 0.15) is 30.7 Å². The van der Waals surface area contributed by atoms with Crippen molar-refractivity contribution in [3.05, 3.63) is 12.2 Å². The Kier molecular flexibility index (Phi) is 6.70. The van der Waals surface area contributed by atoms with Gasteiger partial charge in [-0.15, -0.1) is 0 Å². The molecule has 0 heterocycles. The van der Waals surface area contributed by atoms with Gasteiger partial charge in [-0.2, -0.15) is 0 Å². The fourth-order valence-electron chi connectivity index (χ4n) is 0.923. The molecule has 0 aliphatic rings. The minimum Gasteiger partial charge on any atom is -0.394 e. The maximum absolute atomic E-state index is 11.0. The summed E-state index contributed by atoms with van der Waals surface area (Å²) < 4.78 is 0. The molecule has 7 heteroatoms. The van der Waals surface area contributed by atoms with E-state index in [1.807, 2.05) is 0 Å². The quantitative estimate of drug-likeness (QED) is 0.230. The van der Waals surface area contributed by atoms with E-state index in [1.54, 1.807) is 0 Å². The van der Waals surface area contributed by atoms with E-state index in [4.69, 9.17) is 15.3 Å². The first-order chi connectivity index (χ1) is 7.45. The van der Waals surface area contributed by atoms with Crippen LogP contribution in [0.4, 0.5) is 0 Å². The van der Waals surface area contributed by atoms with Gasteiger partial charge in [-0.3, -0.25) is 9.59 Å². The molecule has 0 spiro atoms. The molecule has 0 aromatic rings. The Balaban J connectivity index is 4.47. The molecule has 0 saturated carbocycles. The van der Waals surface area contributed by atoms with Crippen molar-refractivity contribution in [3.8, 4) is 0 Å². The zero-order valence-corrected chi connectivity index (χ0v) is 8.30. The van der Waals surface area contributed by atoms with Gasteiger partial charge >= 0.3 is 0 Å². The van der Waals surface area contributed by atoms with Gasteiger partial charge in [0.05, 0.1) is 6.61 Å². The van der Waals surface area contributed by atoms with Crippen LogP contribution in [0.3, 0.4) is 0 Å². The molecule has 5 N–H and O–H groups in total. The summed E-state index contributed by atoms with van der Waals surface area (Å²) in [5, 5.41) is 45.0. The third-order valence-electron chi connectivity index (χ3n) is 1.89. The lowest BCUT2D eigenvalue weighted by Crippen LogP contribution is -2.48. The lowest BCUT2D eigenvalue weighted by Gasteiger charge is -2.24. The third-order valence-corrected chi connectivity index (χ3v) is 1.89. The van der Waals surface area contributed by atoms with E-state index in [0.29, 0.717) is 6.29 Å². The number of aliphatic hydroxyl groups is 5. The zero-order chi connectivity index (χ0) is 12.7. The summed E-state index contributed by atoms with van der Waals surface area (Å²) in [6.45, 7) is -0.830. The van der Waals surface area contributed by atoms with Crippen molar-refractivity contribution < 1.29 is 35.1 Å². The highest BCUT2D eigenvalue weighted by Gasteiger charge is 2.32. The molecule has 0 unspecified atom stereocenters. The summed E-state index contributed by atoms with van der Waals surface area (Å²) in [5.41, 5.74) is 0. The maximum Gasteiger partial charge on any atom is 0.186 e. The van der Waals surface area contributed by atoms with E-state index in [1.165, 1.54) is 0 Å². The molecule has 0 aromatic carbocycles. The van der Waals surface area contributed by atoms with Gasteiger partial charge in [-0.05, 0) is 12.2 Å². The summed E-state index contributed by atoms with van der Waals surface area (Å²) in [6, 6.07) is 0. The Morgan fingerprint density at radius 3 is 2.12 bits per heavy atom. The molecule has 16 heavy (non-hydrogen) atoms. The summed E-state index contributed by atoms with van der Waals surface area (Å²) in [6.07, 6.45) is -5.64. The topological polar surface area (TPSA) is 135 Å². The highest BCUT2D eigenvalue weighted by molar-refractivity contribution is 5.96. The van der Waals surface area contributed by atoms with Crippen molar-refractivity contribution in [2.75, 3.05) is 6.61 Å². The number of hydrogen-bond donors (Lipinski definition) is 5. The molecule has 0 aromatic heterocycles. The van der Waals surface area contributed by atoms with Crippen LogP contribution in [0, 0.1) is 0 Å². The Morgan fingerprint density at radius 1 is 1.12 bits per heavy atom. The molecule has 0 bridgehead atoms. The number of aldehydes is 1. The van der Waals surface area contributed by atoms with Crippen molar-refractivity contribution in [2.45, 2.75) is 24.4 Å². The Labute approximate surface area is 91.3 Å². The predicted octanol–water partition coefficient (Wildman–Crippen LogP) is -3.25. The van der Waals surface area contributed by atoms with Crippen LogP contribution in [0.5, 0.6) is 0 Å². The normalized spacial score (nSPS) is 19.1. The van der Waals surface area contributed by atoms with E-state index in [-0.39, 0.29) is 0 Å². The molecule has 0 saturated heterocycles. The van der Waals surface area contributed by atoms with E-state index in [0.717, 1.165) is 12.2 Å². The van der Waals surface area contributed by atoms with Crippen LogP contribution in [0.2, 0.25) is 0 Å². The smallest absolute Gasteiger partial charge is 0.186 e. The molecule has 0 rings (SSSR count). The van der Waals surface area contributed by atoms with E-state index >= 15 is 0 Å². The predicted molar refractivity (Wildman–Crippen MR) is 51.3 cm³/mol. The molecule has 0 radical (unpaired) electrons. The molecule has 0 amide bonds. The third kappa shape index (κ3) is 4.17. The van der Waals surface area contributed by atoms with Crippen LogP contribution in [-0.4, -0.2) is 68.6 Å². The number of rotatable bonds is 7. The second-order valence-electron chi connectivity index (χ2n) is 3.07. The number of ketones is 1. The molecule has 0 aliphatic carbocycles. The summed E-state index contributed by atoms with van der Waals surface area (Å²) in [4.78, 5) is 20.9. The molecular formula is C9H14O7. The second kappa shape index (κ2) is 7.20. The minimum atomic E-state index is -1.98. The van der Waals surface area contributed by atoms with Gasteiger partial charge in [-0.1, -0.05) is 0 Å². The first-order valence-electron chi connectivity index (χ1n) is 4.44.